The van der Waals surface area contributed by atoms with Gasteiger partial charge >= 0.3 is 0 Å². The molecule has 114 valence electrons. The Morgan fingerprint density at radius 3 is 3.18 bits per heavy atom. The van der Waals surface area contributed by atoms with Crippen molar-refractivity contribution in [3.8, 4) is 5.88 Å². The van der Waals surface area contributed by atoms with E-state index in [-0.39, 0.29) is 12.0 Å². The van der Waals surface area contributed by atoms with Crippen LogP contribution >= 0.6 is 0 Å². The summed E-state index contributed by atoms with van der Waals surface area (Å²) in [4.78, 5) is 21.9. The second-order valence-electron chi connectivity index (χ2n) is 5.06. The zero-order valence-electron chi connectivity index (χ0n) is 12.1. The van der Waals surface area contributed by atoms with E-state index in [1.165, 1.54) is 12.4 Å². The van der Waals surface area contributed by atoms with Crippen molar-refractivity contribution >= 4 is 12.0 Å². The summed E-state index contributed by atoms with van der Waals surface area (Å²) in [6.07, 6.45) is 9.67. The van der Waals surface area contributed by atoms with Gasteiger partial charge in [-0.25, -0.2) is 9.97 Å². The van der Waals surface area contributed by atoms with Crippen LogP contribution in [-0.4, -0.2) is 40.0 Å². The molecule has 1 amide bonds. The first-order valence-corrected chi connectivity index (χ1v) is 7.24. The molecule has 1 saturated heterocycles. The molecule has 6 heteroatoms. The van der Waals surface area contributed by atoms with Crippen LogP contribution in [0.15, 0.2) is 47.5 Å². The first-order valence-electron chi connectivity index (χ1n) is 7.24. The summed E-state index contributed by atoms with van der Waals surface area (Å²) < 4.78 is 11.0. The topological polar surface area (TPSA) is 68.5 Å². The van der Waals surface area contributed by atoms with Crippen LogP contribution < -0.4 is 4.74 Å². The van der Waals surface area contributed by atoms with E-state index in [1.54, 1.807) is 41.6 Å². The highest BCUT2D eigenvalue weighted by Gasteiger charge is 2.24. The van der Waals surface area contributed by atoms with E-state index < -0.39 is 0 Å². The van der Waals surface area contributed by atoms with Crippen molar-refractivity contribution in [3.05, 3.63) is 48.8 Å². The van der Waals surface area contributed by atoms with Crippen LogP contribution in [0.4, 0.5) is 0 Å². The summed E-state index contributed by atoms with van der Waals surface area (Å²) in [5.74, 6) is 1.17. The third-order valence-corrected chi connectivity index (χ3v) is 3.47. The van der Waals surface area contributed by atoms with Crippen LogP contribution in [0.25, 0.3) is 6.08 Å². The van der Waals surface area contributed by atoms with Crippen molar-refractivity contribution in [1.29, 1.82) is 0 Å². The summed E-state index contributed by atoms with van der Waals surface area (Å²) in [6, 6.07) is 5.31. The highest BCUT2D eigenvalue weighted by atomic mass is 16.5. The van der Waals surface area contributed by atoms with Crippen LogP contribution in [0, 0.1) is 0 Å². The fourth-order valence-electron chi connectivity index (χ4n) is 2.40. The second kappa shape index (κ2) is 6.89. The molecule has 1 fully saturated rings. The smallest absolute Gasteiger partial charge is 0.246 e. The van der Waals surface area contributed by atoms with Gasteiger partial charge in [0.05, 0.1) is 12.8 Å². The Morgan fingerprint density at radius 2 is 2.41 bits per heavy atom. The minimum Gasteiger partial charge on any atom is -0.472 e. The molecule has 0 radical (unpaired) electrons. The van der Waals surface area contributed by atoms with Crippen molar-refractivity contribution in [1.82, 2.24) is 14.9 Å². The standard InChI is InChI=1S/C16H17N3O3/c20-16(6-5-13-4-2-10-21-13)19-9-1-3-14(11-19)22-15-7-8-17-12-18-15/h2,4-8,10,12,14H,1,3,9,11H2/b6-5+/t14-/m0/s1. The van der Waals surface area contributed by atoms with Gasteiger partial charge in [0, 0.05) is 24.9 Å². The molecule has 0 N–H and O–H groups in total. The molecular formula is C16H17N3O3. The monoisotopic (exact) mass is 299 g/mol. The normalized spacial score (nSPS) is 18.5. The molecule has 0 bridgehead atoms. The predicted octanol–water partition coefficient (Wildman–Crippen LogP) is 2.15. The third-order valence-electron chi connectivity index (χ3n) is 3.47. The number of hydrogen-bond acceptors (Lipinski definition) is 5. The summed E-state index contributed by atoms with van der Waals surface area (Å²) >= 11 is 0. The zero-order valence-corrected chi connectivity index (χ0v) is 12.1. The van der Waals surface area contributed by atoms with Crippen molar-refractivity contribution in [2.45, 2.75) is 18.9 Å². The molecule has 2 aromatic heterocycles. The van der Waals surface area contributed by atoms with E-state index in [1.807, 2.05) is 0 Å². The van der Waals surface area contributed by atoms with Gasteiger partial charge in [-0.2, -0.15) is 0 Å². The second-order valence-corrected chi connectivity index (χ2v) is 5.06. The van der Waals surface area contributed by atoms with E-state index in [4.69, 9.17) is 9.15 Å². The maximum absolute atomic E-state index is 12.2. The highest BCUT2D eigenvalue weighted by Crippen LogP contribution is 2.16. The molecule has 3 rings (SSSR count). The van der Waals surface area contributed by atoms with E-state index in [0.29, 0.717) is 18.2 Å². The maximum Gasteiger partial charge on any atom is 0.246 e. The Morgan fingerprint density at radius 1 is 1.45 bits per heavy atom. The molecule has 3 heterocycles. The fraction of sp³-hybridized carbons (Fsp3) is 0.312. The summed E-state index contributed by atoms with van der Waals surface area (Å²) in [6.45, 7) is 1.30. The Kier molecular flexibility index (Phi) is 4.48. The molecular weight excluding hydrogens is 282 g/mol. The molecule has 6 nitrogen and oxygen atoms in total. The number of amides is 1. The third kappa shape index (κ3) is 3.72. The first-order chi connectivity index (χ1) is 10.8. The number of likely N-dealkylation sites (tertiary alicyclic amines) is 1. The molecule has 0 spiro atoms. The molecule has 22 heavy (non-hydrogen) atoms. The number of aromatic nitrogens is 2. The van der Waals surface area contributed by atoms with Gasteiger partial charge in [-0.05, 0) is 31.1 Å². The molecule has 0 saturated carbocycles. The van der Waals surface area contributed by atoms with Crippen LogP contribution in [0.3, 0.4) is 0 Å². The van der Waals surface area contributed by atoms with E-state index in [9.17, 15) is 4.79 Å². The molecule has 2 aromatic rings. The average molecular weight is 299 g/mol. The Bertz CT molecular complexity index is 625. The largest absolute Gasteiger partial charge is 0.472 e. The quantitative estimate of drug-likeness (QED) is 0.809. The number of nitrogens with zero attached hydrogens (tertiary/aromatic N) is 3. The van der Waals surface area contributed by atoms with Crippen molar-refractivity contribution in [2.75, 3.05) is 13.1 Å². The van der Waals surface area contributed by atoms with Gasteiger partial charge < -0.3 is 14.1 Å². The van der Waals surface area contributed by atoms with Gasteiger partial charge in [-0.1, -0.05) is 0 Å². The Balaban J connectivity index is 1.57. The molecule has 0 aromatic carbocycles. The first kappa shape index (κ1) is 14.3. The number of rotatable bonds is 4. The van der Waals surface area contributed by atoms with Gasteiger partial charge in [0.2, 0.25) is 11.8 Å². The van der Waals surface area contributed by atoms with Gasteiger partial charge in [0.25, 0.3) is 0 Å². The SMILES string of the molecule is O=C(/C=C/c1ccco1)N1CCC[C@H](Oc2ccncn2)C1. The van der Waals surface area contributed by atoms with Crippen LogP contribution in [0.5, 0.6) is 5.88 Å². The van der Waals surface area contributed by atoms with Gasteiger partial charge in [-0.15, -0.1) is 0 Å². The molecule has 1 aliphatic heterocycles. The summed E-state index contributed by atoms with van der Waals surface area (Å²) in [5.41, 5.74) is 0. The number of carbonyl (C=O) groups excluding carboxylic acids is 1. The number of piperidine rings is 1. The molecule has 0 aliphatic carbocycles. The van der Waals surface area contributed by atoms with Crippen LogP contribution in [0.2, 0.25) is 0 Å². The zero-order chi connectivity index (χ0) is 15.2. The molecule has 1 atom stereocenters. The highest BCUT2D eigenvalue weighted by molar-refractivity contribution is 5.91. The summed E-state index contributed by atoms with van der Waals surface area (Å²) in [7, 11) is 0. The lowest BCUT2D eigenvalue weighted by atomic mass is 10.1. The van der Waals surface area contributed by atoms with Crippen LogP contribution in [-0.2, 0) is 4.79 Å². The summed E-state index contributed by atoms with van der Waals surface area (Å²) in [5, 5.41) is 0. The van der Waals surface area contributed by atoms with Gasteiger partial charge in [0.15, 0.2) is 0 Å². The number of ether oxygens (including phenoxy) is 1. The average Bonchev–Trinajstić information content (AvgIpc) is 3.07. The number of hydrogen-bond donors (Lipinski definition) is 0. The predicted molar refractivity (Wildman–Crippen MR) is 80.0 cm³/mol. The van der Waals surface area contributed by atoms with Crippen molar-refractivity contribution < 1.29 is 13.9 Å². The van der Waals surface area contributed by atoms with Gasteiger partial charge in [-0.3, -0.25) is 4.79 Å². The lowest BCUT2D eigenvalue weighted by Gasteiger charge is -2.31. The van der Waals surface area contributed by atoms with Crippen LogP contribution in [0.1, 0.15) is 18.6 Å². The van der Waals surface area contributed by atoms with E-state index in [2.05, 4.69) is 9.97 Å². The van der Waals surface area contributed by atoms with Gasteiger partial charge in [0.1, 0.15) is 18.2 Å². The number of furan rings is 1. The van der Waals surface area contributed by atoms with Crippen molar-refractivity contribution in [2.24, 2.45) is 0 Å². The molecule has 0 unspecified atom stereocenters. The fourth-order valence-corrected chi connectivity index (χ4v) is 2.40. The van der Waals surface area contributed by atoms with Crippen molar-refractivity contribution in [3.63, 3.8) is 0 Å². The maximum atomic E-state index is 12.2. The minimum absolute atomic E-state index is 0.0348. The van der Waals surface area contributed by atoms with E-state index in [0.717, 1.165) is 19.4 Å². The Labute approximate surface area is 128 Å². The molecule has 1 aliphatic rings. The number of carbonyl (C=O) groups is 1. The van der Waals surface area contributed by atoms with E-state index >= 15 is 0 Å². The Hall–Kier alpha value is -2.63. The lowest BCUT2D eigenvalue weighted by Crippen LogP contribution is -2.43. The minimum atomic E-state index is -0.0374. The lowest BCUT2D eigenvalue weighted by molar-refractivity contribution is -0.128.